The molecule has 0 N–H and O–H groups in total. The Kier molecular flexibility index (Phi) is 12.0. The van der Waals surface area contributed by atoms with Crippen LogP contribution in [-0.2, 0) is 10.0 Å². The molecule has 1 aliphatic heterocycles. The minimum Gasteiger partial charge on any atom is -0.212 e. The predicted molar refractivity (Wildman–Crippen MR) is 105 cm³/mol. The molecule has 1 fully saturated rings. The van der Waals surface area contributed by atoms with E-state index < -0.39 is 10.0 Å². The average molecular weight is 360 g/mol. The Morgan fingerprint density at radius 1 is 0.750 bits per heavy atom. The first-order chi connectivity index (χ1) is 11.6. The minimum atomic E-state index is -2.99. The molecule has 0 aromatic heterocycles. The monoisotopic (exact) mass is 359 g/mol. The molecule has 0 aliphatic carbocycles. The number of unbranched alkanes of at least 4 members (excludes halogenated alkanes) is 9. The normalized spacial score (nSPS) is 19.4. The summed E-state index contributed by atoms with van der Waals surface area (Å²) in [6.45, 7) is 5.25. The zero-order valence-electron chi connectivity index (χ0n) is 16.3. The van der Waals surface area contributed by atoms with Crippen LogP contribution in [0.25, 0.3) is 0 Å². The van der Waals surface area contributed by atoms with Crippen LogP contribution in [0, 0.1) is 0 Å². The highest BCUT2D eigenvalue weighted by atomic mass is 32.2. The van der Waals surface area contributed by atoms with Crippen LogP contribution < -0.4 is 0 Å². The van der Waals surface area contributed by atoms with E-state index in [0.29, 0.717) is 5.75 Å². The molecule has 3 nitrogen and oxygen atoms in total. The van der Waals surface area contributed by atoms with Gasteiger partial charge in [-0.05, 0) is 25.7 Å². The first-order valence-corrected chi connectivity index (χ1v) is 12.2. The van der Waals surface area contributed by atoms with Gasteiger partial charge in [-0.15, -0.1) is 0 Å². The molecule has 0 saturated carbocycles. The van der Waals surface area contributed by atoms with Crippen molar-refractivity contribution in [3.63, 3.8) is 0 Å². The molecule has 1 saturated heterocycles. The highest BCUT2D eigenvalue weighted by Gasteiger charge is 2.31. The summed E-state index contributed by atoms with van der Waals surface area (Å²) in [6, 6.07) is 0.267. The van der Waals surface area contributed by atoms with Crippen molar-refractivity contribution in [2.75, 3.05) is 12.3 Å². The summed E-state index contributed by atoms with van der Waals surface area (Å²) in [7, 11) is -2.99. The van der Waals surface area contributed by atoms with E-state index in [1.54, 1.807) is 0 Å². The van der Waals surface area contributed by atoms with Gasteiger partial charge in [0, 0.05) is 12.6 Å². The van der Waals surface area contributed by atoms with E-state index in [1.165, 1.54) is 70.6 Å². The van der Waals surface area contributed by atoms with Crippen molar-refractivity contribution in [2.24, 2.45) is 0 Å². The van der Waals surface area contributed by atoms with Crippen molar-refractivity contribution in [3.05, 3.63) is 0 Å². The number of hydrogen-bond acceptors (Lipinski definition) is 2. The van der Waals surface area contributed by atoms with E-state index in [4.69, 9.17) is 0 Å². The number of hydrogen-bond donors (Lipinski definition) is 0. The molecule has 0 aromatic rings. The van der Waals surface area contributed by atoms with Crippen LogP contribution in [-0.4, -0.2) is 31.1 Å². The van der Waals surface area contributed by atoms with Crippen molar-refractivity contribution >= 4 is 10.0 Å². The summed E-state index contributed by atoms with van der Waals surface area (Å²) in [6.07, 6.45) is 18.1. The maximum atomic E-state index is 12.5. The lowest BCUT2D eigenvalue weighted by atomic mass is 10.00. The Balaban J connectivity index is 2.42. The molecule has 0 amide bonds. The van der Waals surface area contributed by atoms with Crippen molar-refractivity contribution in [1.82, 2.24) is 4.31 Å². The van der Waals surface area contributed by atoms with E-state index in [1.807, 2.05) is 4.31 Å². The van der Waals surface area contributed by atoms with Crippen LogP contribution in [0.4, 0.5) is 0 Å². The molecule has 1 aliphatic rings. The smallest absolute Gasteiger partial charge is 0.212 e. The Labute approximate surface area is 151 Å². The van der Waals surface area contributed by atoms with Crippen LogP contribution in [0.1, 0.15) is 110 Å². The third kappa shape index (κ3) is 8.84. The van der Waals surface area contributed by atoms with Gasteiger partial charge in [0.25, 0.3) is 0 Å². The lowest BCUT2D eigenvalue weighted by Crippen LogP contribution is -2.44. The Bertz CT molecular complexity index is 394. The van der Waals surface area contributed by atoms with Crippen molar-refractivity contribution in [1.29, 1.82) is 0 Å². The summed E-state index contributed by atoms with van der Waals surface area (Å²) < 4.78 is 26.8. The van der Waals surface area contributed by atoms with E-state index in [0.717, 1.165) is 32.2 Å². The first-order valence-electron chi connectivity index (χ1n) is 10.6. The van der Waals surface area contributed by atoms with Crippen LogP contribution in [0.3, 0.4) is 0 Å². The second-order valence-corrected chi connectivity index (χ2v) is 9.59. The molecule has 1 heterocycles. The van der Waals surface area contributed by atoms with Crippen molar-refractivity contribution in [2.45, 2.75) is 116 Å². The van der Waals surface area contributed by atoms with E-state index in [9.17, 15) is 8.42 Å². The molecule has 1 unspecified atom stereocenters. The fraction of sp³-hybridized carbons (Fsp3) is 1.00. The fourth-order valence-corrected chi connectivity index (χ4v) is 5.67. The zero-order valence-corrected chi connectivity index (χ0v) is 17.1. The molecule has 0 spiro atoms. The minimum absolute atomic E-state index is 0.267. The summed E-state index contributed by atoms with van der Waals surface area (Å²) in [5.74, 6) is 0.371. The quantitative estimate of drug-likeness (QED) is 0.362. The molecular formula is C20H41NO2S. The van der Waals surface area contributed by atoms with Gasteiger partial charge in [0.15, 0.2) is 0 Å². The van der Waals surface area contributed by atoms with Gasteiger partial charge in [0.1, 0.15) is 0 Å². The topological polar surface area (TPSA) is 37.4 Å². The van der Waals surface area contributed by atoms with Gasteiger partial charge >= 0.3 is 0 Å². The highest BCUT2D eigenvalue weighted by molar-refractivity contribution is 7.89. The van der Waals surface area contributed by atoms with Gasteiger partial charge < -0.3 is 0 Å². The Morgan fingerprint density at radius 3 is 1.75 bits per heavy atom. The molecule has 144 valence electrons. The van der Waals surface area contributed by atoms with Gasteiger partial charge in [0.2, 0.25) is 10.0 Å². The van der Waals surface area contributed by atoms with Crippen LogP contribution in [0.5, 0.6) is 0 Å². The third-order valence-electron chi connectivity index (χ3n) is 5.33. The summed E-state index contributed by atoms with van der Waals surface area (Å²) in [5, 5.41) is 0. The van der Waals surface area contributed by atoms with Crippen LogP contribution >= 0.6 is 0 Å². The molecule has 0 radical (unpaired) electrons. The summed E-state index contributed by atoms with van der Waals surface area (Å²) in [5.41, 5.74) is 0. The summed E-state index contributed by atoms with van der Waals surface area (Å²) >= 11 is 0. The van der Waals surface area contributed by atoms with E-state index in [-0.39, 0.29) is 6.04 Å². The Morgan fingerprint density at radius 2 is 1.25 bits per heavy atom. The first kappa shape index (κ1) is 22.0. The maximum Gasteiger partial charge on any atom is 0.214 e. The zero-order chi connectivity index (χ0) is 17.7. The van der Waals surface area contributed by atoms with Crippen molar-refractivity contribution in [3.8, 4) is 0 Å². The Hall–Kier alpha value is -0.0900. The van der Waals surface area contributed by atoms with E-state index in [2.05, 4.69) is 13.8 Å². The molecule has 1 rings (SSSR count). The van der Waals surface area contributed by atoms with Gasteiger partial charge in [-0.25, -0.2) is 8.42 Å². The second-order valence-electron chi connectivity index (χ2n) is 7.55. The maximum absolute atomic E-state index is 12.5. The predicted octanol–water partition coefficient (Wildman–Crippen LogP) is 5.89. The number of nitrogens with zero attached hydrogens (tertiary/aromatic N) is 1. The fourth-order valence-electron chi connectivity index (χ4n) is 3.79. The average Bonchev–Trinajstić information content (AvgIpc) is 2.56. The van der Waals surface area contributed by atoms with Crippen LogP contribution in [0.2, 0.25) is 0 Å². The van der Waals surface area contributed by atoms with Gasteiger partial charge in [-0.2, -0.15) is 4.31 Å². The lowest BCUT2D eigenvalue weighted by molar-refractivity contribution is 0.263. The van der Waals surface area contributed by atoms with Gasteiger partial charge in [-0.3, -0.25) is 0 Å². The molecule has 24 heavy (non-hydrogen) atoms. The summed E-state index contributed by atoms with van der Waals surface area (Å²) in [4.78, 5) is 0. The molecule has 0 aromatic carbocycles. The van der Waals surface area contributed by atoms with Gasteiger partial charge in [0.05, 0.1) is 5.75 Å². The highest BCUT2D eigenvalue weighted by Crippen LogP contribution is 2.25. The SMILES string of the molecule is CCCCCCCCC(CCCCCCC)N1CCCCS1(=O)=O. The molecule has 0 bridgehead atoms. The lowest BCUT2D eigenvalue weighted by Gasteiger charge is -2.34. The standard InChI is InChI=1S/C20H41NO2S/c1-3-5-7-9-11-13-17-20(16-12-10-8-6-4-2)21-18-14-15-19-24(21,22)23/h20H,3-19H2,1-2H3. The second kappa shape index (κ2) is 13.2. The van der Waals surface area contributed by atoms with E-state index >= 15 is 0 Å². The van der Waals surface area contributed by atoms with Gasteiger partial charge in [-0.1, -0.05) is 84.5 Å². The van der Waals surface area contributed by atoms with Crippen molar-refractivity contribution < 1.29 is 8.42 Å². The number of rotatable bonds is 14. The largest absolute Gasteiger partial charge is 0.214 e. The number of sulfonamides is 1. The molecular weight excluding hydrogens is 318 g/mol. The molecule has 4 heteroatoms. The molecule has 1 atom stereocenters. The van der Waals surface area contributed by atoms with Crippen LogP contribution in [0.15, 0.2) is 0 Å². The third-order valence-corrected chi connectivity index (χ3v) is 7.33.